The fraction of sp³-hybridized carbons (Fsp3) is 0.360. The lowest BCUT2D eigenvalue weighted by molar-refractivity contribution is -0.150. The second-order valence-corrected chi connectivity index (χ2v) is 11.3. The van der Waals surface area contributed by atoms with E-state index in [0.717, 1.165) is 4.47 Å². The Labute approximate surface area is 234 Å². The van der Waals surface area contributed by atoms with Crippen molar-refractivity contribution in [2.75, 3.05) is 13.7 Å². The van der Waals surface area contributed by atoms with E-state index in [1.54, 1.807) is 32.0 Å². The number of ether oxygens (including phenoxy) is 3. The number of hydrogen-bond donors (Lipinski definition) is 0. The van der Waals surface area contributed by atoms with Gasteiger partial charge in [-0.2, -0.15) is 9.78 Å². The SMILES string of the molecule is CCOC(=O)[C@@H](C)Oc1c(OC)cc(C=Nn2c(C(C)(C)C)nc3ccc(Br)cc3c2=O)c(Br)c1Br. The molecule has 1 aromatic heterocycles. The third-order valence-electron chi connectivity index (χ3n) is 5.08. The van der Waals surface area contributed by atoms with Gasteiger partial charge < -0.3 is 14.2 Å². The van der Waals surface area contributed by atoms with E-state index in [0.29, 0.717) is 42.7 Å². The molecule has 0 amide bonds. The predicted octanol–water partition coefficient (Wildman–Crippen LogP) is 6.20. The normalized spacial score (nSPS) is 12.7. The molecular weight excluding hydrogens is 662 g/mol. The summed E-state index contributed by atoms with van der Waals surface area (Å²) in [6.45, 7) is 9.48. The highest BCUT2D eigenvalue weighted by Gasteiger charge is 2.25. The van der Waals surface area contributed by atoms with Gasteiger partial charge in [-0.15, -0.1) is 0 Å². The van der Waals surface area contributed by atoms with Crippen LogP contribution >= 0.6 is 47.8 Å². The number of esters is 1. The Hall–Kier alpha value is -2.24. The highest BCUT2D eigenvalue weighted by molar-refractivity contribution is 9.13. The smallest absolute Gasteiger partial charge is 0.347 e. The van der Waals surface area contributed by atoms with Crippen LogP contribution in [0.3, 0.4) is 0 Å². The highest BCUT2D eigenvalue weighted by atomic mass is 79.9. The van der Waals surface area contributed by atoms with Gasteiger partial charge in [0.2, 0.25) is 0 Å². The molecule has 3 aromatic rings. The summed E-state index contributed by atoms with van der Waals surface area (Å²) < 4.78 is 19.6. The molecule has 36 heavy (non-hydrogen) atoms. The fourth-order valence-electron chi connectivity index (χ4n) is 3.31. The number of nitrogens with zero attached hydrogens (tertiary/aromatic N) is 3. The summed E-state index contributed by atoms with van der Waals surface area (Å²) >= 11 is 10.5. The second kappa shape index (κ2) is 11.4. The summed E-state index contributed by atoms with van der Waals surface area (Å²) in [6, 6.07) is 7.08. The standard InChI is InChI=1S/C25H26Br3N3O5/c1-7-35-23(33)13(2)36-21-18(34-6)10-14(19(27)20(21)28)12-29-31-22(32)16-11-15(26)8-9-17(16)30-24(31)25(3,4)5/h8-13H,7H2,1-6H3/t13-/m1/s1. The molecule has 192 valence electrons. The van der Waals surface area contributed by atoms with Crippen LogP contribution in [0.4, 0.5) is 0 Å². The second-order valence-electron chi connectivity index (χ2n) is 8.85. The molecular formula is C25H26Br3N3O5. The first-order valence-corrected chi connectivity index (χ1v) is 13.4. The van der Waals surface area contributed by atoms with Crippen LogP contribution in [0.25, 0.3) is 10.9 Å². The summed E-state index contributed by atoms with van der Waals surface area (Å²) in [5, 5.41) is 4.97. The Morgan fingerprint density at radius 1 is 1.19 bits per heavy atom. The lowest BCUT2D eigenvalue weighted by Gasteiger charge is -2.21. The van der Waals surface area contributed by atoms with Gasteiger partial charge in [0, 0.05) is 19.9 Å². The molecule has 1 heterocycles. The van der Waals surface area contributed by atoms with E-state index >= 15 is 0 Å². The predicted molar refractivity (Wildman–Crippen MR) is 151 cm³/mol. The minimum atomic E-state index is -0.850. The van der Waals surface area contributed by atoms with Crippen molar-refractivity contribution in [1.29, 1.82) is 0 Å². The van der Waals surface area contributed by atoms with Crippen LogP contribution in [0.1, 0.15) is 46.0 Å². The summed E-state index contributed by atoms with van der Waals surface area (Å²) in [4.78, 5) is 30.2. The van der Waals surface area contributed by atoms with Gasteiger partial charge in [0.05, 0.1) is 35.3 Å². The van der Waals surface area contributed by atoms with Gasteiger partial charge >= 0.3 is 5.97 Å². The average molecular weight is 688 g/mol. The maximum absolute atomic E-state index is 13.4. The van der Waals surface area contributed by atoms with Crippen molar-refractivity contribution in [3.05, 3.63) is 59.4 Å². The van der Waals surface area contributed by atoms with Gasteiger partial charge in [-0.05, 0) is 70.0 Å². The first kappa shape index (κ1) is 28.3. The Balaban J connectivity index is 2.12. The van der Waals surface area contributed by atoms with E-state index < -0.39 is 17.5 Å². The van der Waals surface area contributed by atoms with Crippen molar-refractivity contribution in [2.45, 2.75) is 46.1 Å². The summed E-state index contributed by atoms with van der Waals surface area (Å²) in [6.07, 6.45) is 0.690. The zero-order valence-electron chi connectivity index (χ0n) is 20.7. The molecule has 0 aliphatic carbocycles. The number of carbonyl (C=O) groups is 1. The monoisotopic (exact) mass is 685 g/mol. The number of halogens is 3. The molecule has 0 N–H and O–H groups in total. The lowest BCUT2D eigenvalue weighted by atomic mass is 9.95. The van der Waals surface area contributed by atoms with E-state index in [2.05, 4.69) is 52.9 Å². The first-order valence-electron chi connectivity index (χ1n) is 11.1. The molecule has 1 atom stereocenters. The maximum atomic E-state index is 13.4. The van der Waals surface area contributed by atoms with Crippen LogP contribution in [0.15, 0.2) is 47.6 Å². The van der Waals surface area contributed by atoms with Crippen LogP contribution < -0.4 is 15.0 Å². The van der Waals surface area contributed by atoms with E-state index in [4.69, 9.17) is 19.2 Å². The molecule has 2 aromatic carbocycles. The zero-order valence-corrected chi connectivity index (χ0v) is 25.4. The summed E-state index contributed by atoms with van der Waals surface area (Å²) in [7, 11) is 1.49. The van der Waals surface area contributed by atoms with Crippen molar-refractivity contribution in [3.8, 4) is 11.5 Å². The van der Waals surface area contributed by atoms with Crippen molar-refractivity contribution in [2.24, 2.45) is 5.10 Å². The van der Waals surface area contributed by atoms with Gasteiger partial charge in [-0.25, -0.2) is 9.78 Å². The molecule has 0 saturated carbocycles. The van der Waals surface area contributed by atoms with Gasteiger partial charge in [0.1, 0.15) is 5.82 Å². The molecule has 0 saturated heterocycles. The third-order valence-corrected chi connectivity index (χ3v) is 7.72. The number of carbonyl (C=O) groups excluding carboxylic acids is 1. The quantitative estimate of drug-likeness (QED) is 0.217. The van der Waals surface area contributed by atoms with E-state index in [1.165, 1.54) is 18.0 Å². The molecule has 8 nitrogen and oxygen atoms in total. The van der Waals surface area contributed by atoms with Crippen molar-refractivity contribution >= 4 is 70.9 Å². The molecule has 0 fully saturated rings. The van der Waals surface area contributed by atoms with Gasteiger partial charge in [-0.1, -0.05) is 36.7 Å². The number of rotatable bonds is 7. The molecule has 0 unspecified atom stereocenters. The van der Waals surface area contributed by atoms with E-state index in [1.807, 2.05) is 26.8 Å². The number of fused-ring (bicyclic) bond motifs is 1. The van der Waals surface area contributed by atoms with Crippen LogP contribution in [-0.4, -0.2) is 41.7 Å². The van der Waals surface area contributed by atoms with Crippen LogP contribution in [0, 0.1) is 0 Å². The highest BCUT2D eigenvalue weighted by Crippen LogP contribution is 2.43. The Bertz CT molecular complexity index is 1400. The molecule has 0 aliphatic heterocycles. The van der Waals surface area contributed by atoms with Crippen LogP contribution in [-0.2, 0) is 14.9 Å². The van der Waals surface area contributed by atoms with E-state index in [-0.39, 0.29) is 12.2 Å². The van der Waals surface area contributed by atoms with Crippen molar-refractivity contribution in [1.82, 2.24) is 9.66 Å². The van der Waals surface area contributed by atoms with Crippen molar-refractivity contribution in [3.63, 3.8) is 0 Å². The van der Waals surface area contributed by atoms with Gasteiger partial charge in [0.15, 0.2) is 17.6 Å². The van der Waals surface area contributed by atoms with Gasteiger partial charge in [-0.3, -0.25) is 4.79 Å². The Kier molecular flexibility index (Phi) is 9.00. The fourth-order valence-corrected chi connectivity index (χ4v) is 4.58. The van der Waals surface area contributed by atoms with Gasteiger partial charge in [0.25, 0.3) is 5.56 Å². The summed E-state index contributed by atoms with van der Waals surface area (Å²) in [5.74, 6) is 0.722. The molecule has 0 radical (unpaired) electrons. The Morgan fingerprint density at radius 2 is 1.89 bits per heavy atom. The molecule has 0 aliphatic rings. The minimum Gasteiger partial charge on any atom is -0.493 e. The topological polar surface area (TPSA) is 92.0 Å². The average Bonchev–Trinajstić information content (AvgIpc) is 2.82. The zero-order chi connectivity index (χ0) is 26.8. The van der Waals surface area contributed by atoms with Crippen LogP contribution in [0.5, 0.6) is 11.5 Å². The largest absolute Gasteiger partial charge is 0.493 e. The minimum absolute atomic E-state index is 0.250. The number of benzene rings is 2. The van der Waals surface area contributed by atoms with Crippen LogP contribution in [0.2, 0.25) is 0 Å². The number of hydrogen-bond acceptors (Lipinski definition) is 7. The Morgan fingerprint density at radius 3 is 2.50 bits per heavy atom. The maximum Gasteiger partial charge on any atom is 0.347 e. The number of aromatic nitrogens is 2. The molecule has 0 spiro atoms. The molecule has 0 bridgehead atoms. The third kappa shape index (κ3) is 6.00. The van der Waals surface area contributed by atoms with Crippen molar-refractivity contribution < 1.29 is 19.0 Å². The summed E-state index contributed by atoms with van der Waals surface area (Å²) in [5.41, 5.74) is 0.472. The first-order chi connectivity index (χ1) is 16.9. The molecule has 3 rings (SSSR count). The van der Waals surface area contributed by atoms with E-state index in [9.17, 15) is 9.59 Å². The lowest BCUT2D eigenvalue weighted by Crippen LogP contribution is -2.29. The number of methoxy groups -OCH3 is 1. The molecule has 11 heteroatoms.